The van der Waals surface area contributed by atoms with Crippen LogP contribution in [0.4, 0.5) is 0 Å². The minimum absolute atomic E-state index is 0.0180. The number of hydrogen-bond donors (Lipinski definition) is 0. The highest BCUT2D eigenvalue weighted by molar-refractivity contribution is 6.45. The number of Topliss-reactive ketones (excluding diaryl/α,β-unsaturated/α-hetero) is 1. The number of hydrogen-bond acceptors (Lipinski definition) is 1. The zero-order valence-electron chi connectivity index (χ0n) is 7.21. The largest absolute Gasteiger partial charge is 0.294 e. The second kappa shape index (κ2) is 4.64. The van der Waals surface area contributed by atoms with Gasteiger partial charge in [-0.3, -0.25) is 4.79 Å². The molecule has 1 rings (SSSR count). The molecule has 1 unspecified atom stereocenters. The van der Waals surface area contributed by atoms with Crippen molar-refractivity contribution in [1.82, 2.24) is 0 Å². The molecule has 0 saturated heterocycles. The van der Waals surface area contributed by atoms with Gasteiger partial charge in [0.1, 0.15) is 4.84 Å². The average Bonchev–Trinajstić information content (AvgIpc) is 2.17. The Hall–Kier alpha value is -0.530. The Balaban J connectivity index is 2.80. The van der Waals surface area contributed by atoms with Crippen LogP contribution in [-0.2, 0) is 0 Å². The Bertz CT molecular complexity index is 282. The maximum atomic E-state index is 11.6. The number of carbonyl (C=O) groups excluding carboxylic acids is 1. The highest BCUT2D eigenvalue weighted by Gasteiger charge is 2.20. The number of carbonyl (C=O) groups is 1. The summed E-state index contributed by atoms with van der Waals surface area (Å²) in [5, 5.41) is 0. The lowest BCUT2D eigenvalue weighted by molar-refractivity contribution is 0.0936. The lowest BCUT2D eigenvalue weighted by atomic mass is 10.0. The molecule has 0 saturated carbocycles. The summed E-state index contributed by atoms with van der Waals surface area (Å²) in [5.74, 6) is -0.374. The fourth-order valence-electron chi connectivity index (χ4n) is 0.980. The Kier molecular flexibility index (Phi) is 3.76. The van der Waals surface area contributed by atoms with Gasteiger partial charge in [0.15, 0.2) is 5.78 Å². The molecule has 13 heavy (non-hydrogen) atoms. The van der Waals surface area contributed by atoms with E-state index in [1.807, 2.05) is 18.2 Å². The average molecular weight is 217 g/mol. The molecule has 1 atom stereocenters. The minimum Gasteiger partial charge on any atom is -0.294 e. The van der Waals surface area contributed by atoms with Crippen molar-refractivity contribution in [3.63, 3.8) is 0 Å². The van der Waals surface area contributed by atoms with E-state index in [0.29, 0.717) is 5.56 Å². The summed E-state index contributed by atoms with van der Waals surface area (Å²) < 4.78 is 0. The lowest BCUT2D eigenvalue weighted by Crippen LogP contribution is -2.17. The summed E-state index contributed by atoms with van der Waals surface area (Å²) in [7, 11) is 0. The fourth-order valence-corrected chi connectivity index (χ4v) is 1.21. The van der Waals surface area contributed by atoms with E-state index in [2.05, 4.69) is 0 Å². The van der Waals surface area contributed by atoms with E-state index in [1.54, 1.807) is 19.1 Å². The zero-order valence-corrected chi connectivity index (χ0v) is 8.72. The van der Waals surface area contributed by atoms with Crippen LogP contribution in [0.1, 0.15) is 17.3 Å². The topological polar surface area (TPSA) is 17.1 Å². The van der Waals surface area contributed by atoms with E-state index in [1.165, 1.54) is 0 Å². The quantitative estimate of drug-likeness (QED) is 0.560. The summed E-state index contributed by atoms with van der Waals surface area (Å²) in [6.07, 6.45) is 0. The third-order valence-corrected chi connectivity index (χ3v) is 2.61. The molecule has 70 valence electrons. The SMILES string of the molecule is CC(C(=O)c1ccccc1)C(Cl)Cl. The molecule has 0 heterocycles. The Labute approximate surface area is 87.7 Å². The molecule has 0 aliphatic rings. The van der Waals surface area contributed by atoms with Gasteiger partial charge in [0.2, 0.25) is 0 Å². The molecular weight excluding hydrogens is 207 g/mol. The molecule has 0 spiro atoms. The molecule has 0 bridgehead atoms. The maximum absolute atomic E-state index is 11.6. The molecule has 0 N–H and O–H groups in total. The molecule has 0 aromatic heterocycles. The number of ketones is 1. The van der Waals surface area contributed by atoms with E-state index in [4.69, 9.17) is 23.2 Å². The van der Waals surface area contributed by atoms with Crippen LogP contribution >= 0.6 is 23.2 Å². The summed E-state index contributed by atoms with van der Waals surface area (Å²) in [6.45, 7) is 1.72. The lowest BCUT2D eigenvalue weighted by Gasteiger charge is -2.10. The zero-order chi connectivity index (χ0) is 9.84. The van der Waals surface area contributed by atoms with Crippen molar-refractivity contribution in [3.05, 3.63) is 35.9 Å². The molecule has 0 radical (unpaired) electrons. The van der Waals surface area contributed by atoms with Gasteiger partial charge in [-0.25, -0.2) is 0 Å². The maximum Gasteiger partial charge on any atom is 0.168 e. The van der Waals surface area contributed by atoms with Crippen LogP contribution < -0.4 is 0 Å². The van der Waals surface area contributed by atoms with Crippen LogP contribution in [0.3, 0.4) is 0 Å². The van der Waals surface area contributed by atoms with Gasteiger partial charge in [0.25, 0.3) is 0 Å². The number of rotatable bonds is 3. The fraction of sp³-hybridized carbons (Fsp3) is 0.300. The van der Waals surface area contributed by atoms with Crippen LogP contribution in [0.25, 0.3) is 0 Å². The highest BCUT2D eigenvalue weighted by Crippen LogP contribution is 2.19. The first-order valence-electron chi connectivity index (χ1n) is 4.00. The van der Waals surface area contributed by atoms with Gasteiger partial charge in [-0.05, 0) is 0 Å². The molecular formula is C10H10Cl2O. The monoisotopic (exact) mass is 216 g/mol. The molecule has 0 fully saturated rings. The number of alkyl halides is 2. The van der Waals surface area contributed by atoms with Crippen molar-refractivity contribution >= 4 is 29.0 Å². The molecule has 0 aliphatic heterocycles. The van der Waals surface area contributed by atoms with Crippen LogP contribution in [0.15, 0.2) is 30.3 Å². The minimum atomic E-state index is -0.646. The first-order valence-corrected chi connectivity index (χ1v) is 4.87. The van der Waals surface area contributed by atoms with Crippen molar-refractivity contribution in [1.29, 1.82) is 0 Å². The summed E-state index contributed by atoms with van der Waals surface area (Å²) in [5.41, 5.74) is 0.654. The predicted molar refractivity (Wildman–Crippen MR) is 55.4 cm³/mol. The van der Waals surface area contributed by atoms with Crippen LogP contribution in [0, 0.1) is 5.92 Å². The number of halogens is 2. The second-order valence-electron chi connectivity index (χ2n) is 2.85. The molecule has 3 heteroatoms. The van der Waals surface area contributed by atoms with E-state index in [9.17, 15) is 4.79 Å². The number of benzene rings is 1. The van der Waals surface area contributed by atoms with Crippen LogP contribution in [0.2, 0.25) is 0 Å². The van der Waals surface area contributed by atoms with Crippen molar-refractivity contribution in [2.24, 2.45) is 5.92 Å². The first kappa shape index (κ1) is 10.6. The van der Waals surface area contributed by atoms with Crippen molar-refractivity contribution in [2.75, 3.05) is 0 Å². The van der Waals surface area contributed by atoms with Gasteiger partial charge in [-0.2, -0.15) is 0 Å². The van der Waals surface area contributed by atoms with Crippen LogP contribution in [-0.4, -0.2) is 10.6 Å². The van der Waals surface area contributed by atoms with Gasteiger partial charge in [-0.1, -0.05) is 37.3 Å². The summed E-state index contributed by atoms with van der Waals surface area (Å²) >= 11 is 11.2. The van der Waals surface area contributed by atoms with Crippen LogP contribution in [0.5, 0.6) is 0 Å². The Morgan fingerprint density at radius 2 is 1.77 bits per heavy atom. The van der Waals surface area contributed by atoms with Gasteiger partial charge >= 0.3 is 0 Å². The van der Waals surface area contributed by atoms with Gasteiger partial charge in [0.05, 0.1) is 0 Å². The smallest absolute Gasteiger partial charge is 0.168 e. The third-order valence-electron chi connectivity index (χ3n) is 1.85. The normalized spacial score (nSPS) is 12.9. The van der Waals surface area contributed by atoms with Gasteiger partial charge in [-0.15, -0.1) is 23.2 Å². The summed E-state index contributed by atoms with van der Waals surface area (Å²) in [6, 6.07) is 9.01. The Morgan fingerprint density at radius 1 is 1.23 bits per heavy atom. The molecule has 0 aliphatic carbocycles. The standard InChI is InChI=1S/C10H10Cl2O/c1-7(10(11)12)9(13)8-5-3-2-4-6-8/h2-7,10H,1H3. The van der Waals surface area contributed by atoms with Crippen molar-refractivity contribution < 1.29 is 4.79 Å². The third kappa shape index (κ3) is 2.71. The molecule has 0 amide bonds. The van der Waals surface area contributed by atoms with E-state index >= 15 is 0 Å². The molecule has 1 aromatic carbocycles. The van der Waals surface area contributed by atoms with Gasteiger partial charge in [0, 0.05) is 11.5 Å². The van der Waals surface area contributed by atoms with E-state index in [-0.39, 0.29) is 11.7 Å². The highest BCUT2D eigenvalue weighted by atomic mass is 35.5. The van der Waals surface area contributed by atoms with Gasteiger partial charge < -0.3 is 0 Å². The van der Waals surface area contributed by atoms with E-state index in [0.717, 1.165) is 0 Å². The predicted octanol–water partition coefficient (Wildman–Crippen LogP) is 3.31. The van der Waals surface area contributed by atoms with Crippen molar-refractivity contribution in [2.45, 2.75) is 11.8 Å². The molecule has 1 nitrogen and oxygen atoms in total. The first-order chi connectivity index (χ1) is 6.13. The van der Waals surface area contributed by atoms with Crippen molar-refractivity contribution in [3.8, 4) is 0 Å². The second-order valence-corrected chi connectivity index (χ2v) is 4.02. The molecule has 1 aromatic rings. The Morgan fingerprint density at radius 3 is 2.23 bits per heavy atom. The summed E-state index contributed by atoms with van der Waals surface area (Å²) in [4.78, 5) is 11.0. The van der Waals surface area contributed by atoms with E-state index < -0.39 is 4.84 Å².